The van der Waals surface area contributed by atoms with Crippen molar-refractivity contribution in [2.45, 2.75) is 38.1 Å². The summed E-state index contributed by atoms with van der Waals surface area (Å²) < 4.78 is 6.03. The fourth-order valence-electron chi connectivity index (χ4n) is 2.16. The largest absolute Gasteiger partial charge is 0.400 e. The first-order valence-electron chi connectivity index (χ1n) is 6.27. The lowest BCUT2D eigenvalue weighted by Gasteiger charge is -2.41. The first-order chi connectivity index (χ1) is 8.19. The Morgan fingerprint density at radius 3 is 2.17 bits per heavy atom. The van der Waals surface area contributed by atoms with Gasteiger partial charge in [0.05, 0.1) is 6.07 Å². The monoisotopic (exact) mass is 269 g/mol. The van der Waals surface area contributed by atoms with Crippen LogP contribution in [-0.4, -0.2) is 56.9 Å². The van der Waals surface area contributed by atoms with Crippen molar-refractivity contribution >= 4 is 14.3 Å². The van der Waals surface area contributed by atoms with Crippen molar-refractivity contribution in [3.63, 3.8) is 0 Å². The average molecular weight is 269 g/mol. The summed E-state index contributed by atoms with van der Waals surface area (Å²) in [4.78, 5) is 15.2. The zero-order valence-electron chi connectivity index (χ0n) is 12.0. The first kappa shape index (κ1) is 15.0. The fraction of sp³-hybridized carbons (Fsp3) is 0.833. The molecule has 6 heteroatoms. The summed E-state index contributed by atoms with van der Waals surface area (Å²) in [7, 11) is 1.74. The molecule has 2 amide bonds. The predicted molar refractivity (Wildman–Crippen MR) is 72.7 cm³/mol. The molecule has 0 aromatic rings. The van der Waals surface area contributed by atoms with Gasteiger partial charge >= 0.3 is 6.03 Å². The first-order valence-corrected chi connectivity index (χ1v) is 9.68. The lowest BCUT2D eigenvalue weighted by atomic mass is 9.93. The molecule has 0 aromatic heterocycles. The molecule has 0 unspecified atom stereocenters. The number of urea groups is 1. The van der Waals surface area contributed by atoms with E-state index in [1.54, 1.807) is 23.9 Å². The van der Waals surface area contributed by atoms with E-state index in [2.05, 4.69) is 25.7 Å². The van der Waals surface area contributed by atoms with Crippen LogP contribution in [0.3, 0.4) is 0 Å². The molecule has 1 heterocycles. The summed E-state index contributed by atoms with van der Waals surface area (Å²) in [6.07, 6.45) is 1.21. The topological polar surface area (TPSA) is 56.6 Å². The van der Waals surface area contributed by atoms with E-state index in [9.17, 15) is 10.1 Å². The molecule has 1 rings (SSSR count). The Labute approximate surface area is 110 Å². The second kappa shape index (κ2) is 5.29. The highest BCUT2D eigenvalue weighted by molar-refractivity contribution is 6.69. The third-order valence-corrected chi connectivity index (χ3v) is 3.93. The summed E-state index contributed by atoms with van der Waals surface area (Å²) >= 11 is 0. The summed E-state index contributed by atoms with van der Waals surface area (Å²) in [5.74, 6) is 0. The van der Waals surface area contributed by atoms with E-state index in [1.165, 1.54) is 0 Å². The minimum Gasteiger partial charge on any atom is -0.400 e. The van der Waals surface area contributed by atoms with Crippen LogP contribution < -0.4 is 0 Å². The zero-order chi connectivity index (χ0) is 14.0. The van der Waals surface area contributed by atoms with Crippen LogP contribution in [0.4, 0.5) is 4.79 Å². The minimum absolute atomic E-state index is 0.00884. The van der Waals surface area contributed by atoms with Crippen LogP contribution in [0.1, 0.15) is 12.8 Å². The summed E-state index contributed by atoms with van der Waals surface area (Å²) in [6, 6.07) is 2.33. The number of nitrogens with zero attached hydrogens (tertiary/aromatic N) is 3. The van der Waals surface area contributed by atoms with Crippen molar-refractivity contribution in [2.75, 3.05) is 27.2 Å². The van der Waals surface area contributed by atoms with Crippen molar-refractivity contribution in [1.29, 1.82) is 5.26 Å². The Hall–Kier alpha value is -1.06. The van der Waals surface area contributed by atoms with Crippen LogP contribution in [0.2, 0.25) is 19.6 Å². The van der Waals surface area contributed by atoms with Crippen molar-refractivity contribution in [3.05, 3.63) is 0 Å². The summed E-state index contributed by atoms with van der Waals surface area (Å²) in [5.41, 5.74) is -0.687. The SMILES string of the molecule is CN(C)C(=O)N1CCC(C#N)(O[Si](C)(C)C)CC1. The van der Waals surface area contributed by atoms with Gasteiger partial charge in [-0.2, -0.15) is 5.26 Å². The van der Waals surface area contributed by atoms with E-state index in [-0.39, 0.29) is 6.03 Å². The molecule has 0 atom stereocenters. The molecule has 0 radical (unpaired) electrons. The Balaban J connectivity index is 2.66. The van der Waals surface area contributed by atoms with Crippen LogP contribution in [0.25, 0.3) is 0 Å². The van der Waals surface area contributed by atoms with Gasteiger partial charge in [0.25, 0.3) is 0 Å². The van der Waals surface area contributed by atoms with Crippen molar-refractivity contribution in [3.8, 4) is 6.07 Å². The zero-order valence-corrected chi connectivity index (χ0v) is 13.0. The molecule has 0 bridgehead atoms. The number of hydrogen-bond donors (Lipinski definition) is 0. The van der Waals surface area contributed by atoms with Crippen LogP contribution in [0.15, 0.2) is 0 Å². The molecule has 0 spiro atoms. The fourth-order valence-corrected chi connectivity index (χ4v) is 3.59. The maximum absolute atomic E-state index is 11.8. The Morgan fingerprint density at radius 2 is 1.83 bits per heavy atom. The maximum Gasteiger partial charge on any atom is 0.319 e. The van der Waals surface area contributed by atoms with Crippen LogP contribution in [0, 0.1) is 11.3 Å². The second-order valence-electron chi connectivity index (χ2n) is 5.98. The Morgan fingerprint density at radius 1 is 1.33 bits per heavy atom. The molecule has 0 aliphatic carbocycles. The molecule has 5 nitrogen and oxygen atoms in total. The van der Waals surface area contributed by atoms with Gasteiger partial charge in [0, 0.05) is 40.0 Å². The van der Waals surface area contributed by atoms with Gasteiger partial charge < -0.3 is 14.2 Å². The highest BCUT2D eigenvalue weighted by Gasteiger charge is 2.40. The minimum atomic E-state index is -1.75. The van der Waals surface area contributed by atoms with E-state index in [0.717, 1.165) is 0 Å². The number of carbonyl (C=O) groups is 1. The van der Waals surface area contributed by atoms with Gasteiger partial charge in [0.1, 0.15) is 5.60 Å². The molecular weight excluding hydrogens is 246 g/mol. The van der Waals surface area contributed by atoms with Crippen LogP contribution >= 0.6 is 0 Å². The van der Waals surface area contributed by atoms with E-state index >= 15 is 0 Å². The molecule has 0 aromatic carbocycles. The number of hydrogen-bond acceptors (Lipinski definition) is 3. The number of likely N-dealkylation sites (tertiary alicyclic amines) is 1. The molecule has 1 aliphatic heterocycles. The number of rotatable bonds is 2. The normalized spacial score (nSPS) is 19.2. The van der Waals surface area contributed by atoms with Gasteiger partial charge in [0.2, 0.25) is 0 Å². The standard InChI is InChI=1S/C12H23N3O2Si/c1-14(2)11(16)15-8-6-12(10-13,7-9-15)17-18(3,4)5/h6-9H2,1-5H3. The van der Waals surface area contributed by atoms with Gasteiger partial charge in [-0.05, 0) is 19.6 Å². The average Bonchev–Trinajstić information content (AvgIpc) is 2.27. The second-order valence-corrected chi connectivity index (χ2v) is 10.4. The van der Waals surface area contributed by atoms with Gasteiger partial charge in [-0.3, -0.25) is 0 Å². The summed E-state index contributed by atoms with van der Waals surface area (Å²) in [6.45, 7) is 7.44. The number of amides is 2. The lowest BCUT2D eigenvalue weighted by molar-refractivity contribution is 0.0472. The van der Waals surface area contributed by atoms with Gasteiger partial charge in [-0.15, -0.1) is 0 Å². The van der Waals surface area contributed by atoms with Crippen molar-refractivity contribution in [2.24, 2.45) is 0 Å². The number of carbonyl (C=O) groups excluding carboxylic acids is 1. The molecule has 0 N–H and O–H groups in total. The van der Waals surface area contributed by atoms with E-state index in [4.69, 9.17) is 4.43 Å². The lowest BCUT2D eigenvalue weighted by Crippen LogP contribution is -2.52. The highest BCUT2D eigenvalue weighted by atomic mass is 28.4. The van der Waals surface area contributed by atoms with Crippen LogP contribution in [0.5, 0.6) is 0 Å². The molecule has 1 fully saturated rings. The number of piperidine rings is 1. The van der Waals surface area contributed by atoms with Gasteiger partial charge in [-0.1, -0.05) is 0 Å². The van der Waals surface area contributed by atoms with Crippen molar-refractivity contribution in [1.82, 2.24) is 9.80 Å². The molecule has 0 saturated carbocycles. The third kappa shape index (κ3) is 3.72. The molecule has 18 heavy (non-hydrogen) atoms. The van der Waals surface area contributed by atoms with Crippen LogP contribution in [-0.2, 0) is 4.43 Å². The molecule has 102 valence electrons. The smallest absolute Gasteiger partial charge is 0.319 e. The molecule has 1 aliphatic rings. The van der Waals surface area contributed by atoms with Crippen molar-refractivity contribution < 1.29 is 9.22 Å². The van der Waals surface area contributed by atoms with E-state index in [1.807, 2.05) is 0 Å². The molecular formula is C12H23N3O2Si. The third-order valence-electron chi connectivity index (χ3n) is 2.93. The quantitative estimate of drug-likeness (QED) is 0.719. The number of nitriles is 1. The van der Waals surface area contributed by atoms with Gasteiger partial charge in [0.15, 0.2) is 8.32 Å². The van der Waals surface area contributed by atoms with E-state index < -0.39 is 13.9 Å². The summed E-state index contributed by atoms with van der Waals surface area (Å²) in [5, 5.41) is 9.37. The van der Waals surface area contributed by atoms with Gasteiger partial charge in [-0.25, -0.2) is 4.79 Å². The predicted octanol–water partition coefficient (Wildman–Crippen LogP) is 1.88. The highest BCUT2D eigenvalue weighted by Crippen LogP contribution is 2.29. The molecule has 1 saturated heterocycles. The van der Waals surface area contributed by atoms with E-state index in [0.29, 0.717) is 25.9 Å². The Bertz CT molecular complexity index is 349. The maximum atomic E-state index is 11.8. The Kier molecular flexibility index (Phi) is 4.40.